The summed E-state index contributed by atoms with van der Waals surface area (Å²) < 4.78 is 26.0. The number of aliphatic hydroxyl groups is 1. The average Bonchev–Trinajstić information content (AvgIpc) is 2.28. The quantitative estimate of drug-likeness (QED) is 0.846. The topological polar surface area (TPSA) is 32.3 Å². The maximum Gasteiger partial charge on any atom is 0.126 e. The fourth-order valence-corrected chi connectivity index (χ4v) is 2.34. The van der Waals surface area contributed by atoms with Gasteiger partial charge in [-0.3, -0.25) is 0 Å². The Hall–Kier alpha value is -1.00. The first kappa shape index (κ1) is 12.5. The Balaban J connectivity index is 1.99. The van der Waals surface area contributed by atoms with E-state index in [9.17, 15) is 13.9 Å². The summed E-state index contributed by atoms with van der Waals surface area (Å²) in [4.78, 5) is 0. The second-order valence-corrected chi connectivity index (χ2v) is 4.66. The zero-order valence-electron chi connectivity index (χ0n) is 9.63. The molecule has 0 aliphatic carbocycles. The molecule has 1 aromatic carbocycles. The highest BCUT2D eigenvalue weighted by molar-refractivity contribution is 5.18. The maximum atomic E-state index is 13.0. The van der Waals surface area contributed by atoms with Gasteiger partial charge in [-0.25, -0.2) is 8.78 Å². The van der Waals surface area contributed by atoms with Crippen LogP contribution in [-0.4, -0.2) is 24.3 Å². The predicted molar refractivity (Wildman–Crippen MR) is 61.7 cm³/mol. The molecule has 0 aromatic heterocycles. The molecule has 2 atom stereocenters. The summed E-state index contributed by atoms with van der Waals surface area (Å²) in [6.45, 7) is 1.76. The number of nitrogens with one attached hydrogen (secondary N) is 1. The van der Waals surface area contributed by atoms with Crippen LogP contribution in [0.15, 0.2) is 18.2 Å². The van der Waals surface area contributed by atoms with E-state index in [1.165, 1.54) is 12.1 Å². The van der Waals surface area contributed by atoms with Crippen LogP contribution in [0, 0.1) is 17.6 Å². The van der Waals surface area contributed by atoms with Gasteiger partial charge in [0.05, 0.1) is 6.10 Å². The summed E-state index contributed by atoms with van der Waals surface area (Å²) in [6.07, 6.45) is 1.77. The van der Waals surface area contributed by atoms with Crippen molar-refractivity contribution in [2.45, 2.75) is 25.4 Å². The highest BCUT2D eigenvalue weighted by Gasteiger charge is 2.21. The molecule has 2 rings (SSSR count). The van der Waals surface area contributed by atoms with E-state index < -0.39 is 17.7 Å². The summed E-state index contributed by atoms with van der Waals surface area (Å²) in [6, 6.07) is 3.41. The number of hydrogen-bond donors (Lipinski definition) is 2. The molecule has 0 spiro atoms. The van der Waals surface area contributed by atoms with E-state index in [0.29, 0.717) is 12.0 Å². The van der Waals surface area contributed by atoms with Gasteiger partial charge in [0.25, 0.3) is 0 Å². The van der Waals surface area contributed by atoms with E-state index in [1.807, 2.05) is 0 Å². The third-order valence-electron chi connectivity index (χ3n) is 3.25. The van der Waals surface area contributed by atoms with E-state index in [-0.39, 0.29) is 5.92 Å². The van der Waals surface area contributed by atoms with Crippen LogP contribution in [0.3, 0.4) is 0 Å². The maximum absolute atomic E-state index is 13.0. The molecule has 2 nitrogen and oxygen atoms in total. The Bertz CT molecular complexity index is 357. The van der Waals surface area contributed by atoms with Gasteiger partial charge >= 0.3 is 0 Å². The van der Waals surface area contributed by atoms with Crippen LogP contribution in [0.5, 0.6) is 0 Å². The van der Waals surface area contributed by atoms with Crippen LogP contribution < -0.4 is 5.32 Å². The molecule has 1 aromatic rings. The van der Waals surface area contributed by atoms with Crippen LogP contribution in [0.4, 0.5) is 8.78 Å². The summed E-state index contributed by atoms with van der Waals surface area (Å²) in [5, 5.41) is 13.2. The number of halogens is 2. The van der Waals surface area contributed by atoms with Crippen LogP contribution in [0.1, 0.15) is 18.4 Å². The van der Waals surface area contributed by atoms with Gasteiger partial charge in [0.2, 0.25) is 0 Å². The number of piperidine rings is 1. The lowest BCUT2D eigenvalue weighted by Crippen LogP contribution is -2.37. The van der Waals surface area contributed by atoms with Crippen molar-refractivity contribution in [3.63, 3.8) is 0 Å². The van der Waals surface area contributed by atoms with Crippen molar-refractivity contribution in [3.05, 3.63) is 35.4 Å². The van der Waals surface area contributed by atoms with E-state index in [2.05, 4.69) is 5.32 Å². The fraction of sp³-hybridized carbons (Fsp3) is 0.538. The minimum absolute atomic E-state index is 0.176. The predicted octanol–water partition coefficient (Wildman–Crippen LogP) is 1.87. The molecule has 1 aliphatic heterocycles. The Morgan fingerprint density at radius 1 is 1.29 bits per heavy atom. The van der Waals surface area contributed by atoms with Gasteiger partial charge in [-0.1, -0.05) is 0 Å². The molecule has 1 aliphatic rings. The first-order valence-electron chi connectivity index (χ1n) is 5.99. The van der Waals surface area contributed by atoms with Gasteiger partial charge in [0.1, 0.15) is 11.6 Å². The molecule has 4 heteroatoms. The van der Waals surface area contributed by atoms with Crippen molar-refractivity contribution in [3.8, 4) is 0 Å². The van der Waals surface area contributed by atoms with E-state index in [1.54, 1.807) is 0 Å². The number of aliphatic hydroxyl groups excluding tert-OH is 1. The SMILES string of the molecule is OC(Cc1cc(F)cc(F)c1)C1CCCNC1. The Kier molecular flexibility index (Phi) is 4.07. The lowest BCUT2D eigenvalue weighted by molar-refractivity contribution is 0.0921. The van der Waals surface area contributed by atoms with Crippen molar-refractivity contribution < 1.29 is 13.9 Å². The smallest absolute Gasteiger partial charge is 0.126 e. The molecule has 1 heterocycles. The average molecular weight is 241 g/mol. The van der Waals surface area contributed by atoms with E-state index >= 15 is 0 Å². The second-order valence-electron chi connectivity index (χ2n) is 4.66. The molecular formula is C13H17F2NO. The van der Waals surface area contributed by atoms with Gasteiger partial charge in [0, 0.05) is 12.6 Å². The summed E-state index contributed by atoms with van der Waals surface area (Å²) >= 11 is 0. The first-order chi connectivity index (χ1) is 8.15. The molecule has 94 valence electrons. The molecule has 0 amide bonds. The molecule has 0 bridgehead atoms. The number of hydrogen-bond acceptors (Lipinski definition) is 2. The zero-order valence-corrected chi connectivity index (χ0v) is 9.63. The minimum atomic E-state index is -0.589. The van der Waals surface area contributed by atoms with Gasteiger partial charge in [-0.05, 0) is 49.4 Å². The van der Waals surface area contributed by atoms with Crippen LogP contribution in [0.2, 0.25) is 0 Å². The van der Waals surface area contributed by atoms with Crippen LogP contribution in [-0.2, 0) is 6.42 Å². The van der Waals surface area contributed by atoms with Crippen LogP contribution >= 0.6 is 0 Å². The number of benzene rings is 1. The molecular weight excluding hydrogens is 224 g/mol. The Morgan fingerprint density at radius 2 is 2.00 bits per heavy atom. The summed E-state index contributed by atoms with van der Waals surface area (Å²) in [7, 11) is 0. The monoisotopic (exact) mass is 241 g/mol. The molecule has 0 radical (unpaired) electrons. The Morgan fingerprint density at radius 3 is 2.59 bits per heavy atom. The standard InChI is InChI=1S/C13H17F2NO/c14-11-4-9(5-12(15)7-11)6-13(17)10-2-1-3-16-8-10/h4-5,7,10,13,16-17H,1-3,6,8H2. The van der Waals surface area contributed by atoms with Gasteiger partial charge in [-0.15, -0.1) is 0 Å². The normalized spacial score (nSPS) is 22.4. The first-order valence-corrected chi connectivity index (χ1v) is 5.99. The molecule has 2 unspecified atom stereocenters. The Labute approximate surface area is 99.7 Å². The summed E-state index contributed by atoms with van der Waals surface area (Å²) in [5.74, 6) is -1.00. The minimum Gasteiger partial charge on any atom is -0.392 e. The van der Waals surface area contributed by atoms with Crippen LogP contribution in [0.25, 0.3) is 0 Å². The van der Waals surface area contributed by atoms with E-state index in [0.717, 1.165) is 32.0 Å². The third-order valence-corrected chi connectivity index (χ3v) is 3.25. The molecule has 2 N–H and O–H groups in total. The van der Waals surface area contributed by atoms with Gasteiger partial charge in [-0.2, -0.15) is 0 Å². The highest BCUT2D eigenvalue weighted by atomic mass is 19.1. The highest BCUT2D eigenvalue weighted by Crippen LogP contribution is 2.19. The molecule has 1 saturated heterocycles. The van der Waals surface area contributed by atoms with Gasteiger partial charge < -0.3 is 10.4 Å². The van der Waals surface area contributed by atoms with Crippen molar-refractivity contribution in [2.75, 3.05) is 13.1 Å². The fourth-order valence-electron chi connectivity index (χ4n) is 2.34. The lowest BCUT2D eigenvalue weighted by atomic mass is 9.90. The van der Waals surface area contributed by atoms with Crippen molar-refractivity contribution in [2.24, 2.45) is 5.92 Å². The molecule has 1 fully saturated rings. The molecule has 17 heavy (non-hydrogen) atoms. The third kappa shape index (κ3) is 3.48. The second kappa shape index (κ2) is 5.56. The number of rotatable bonds is 3. The van der Waals surface area contributed by atoms with E-state index in [4.69, 9.17) is 0 Å². The van der Waals surface area contributed by atoms with Crippen molar-refractivity contribution >= 4 is 0 Å². The molecule has 0 saturated carbocycles. The van der Waals surface area contributed by atoms with Gasteiger partial charge in [0.15, 0.2) is 0 Å². The van der Waals surface area contributed by atoms with Crippen molar-refractivity contribution in [1.29, 1.82) is 0 Å². The summed E-state index contributed by atoms with van der Waals surface area (Å²) in [5.41, 5.74) is 0.514. The largest absolute Gasteiger partial charge is 0.392 e. The lowest BCUT2D eigenvalue weighted by Gasteiger charge is -2.27. The zero-order chi connectivity index (χ0) is 12.3. The van der Waals surface area contributed by atoms with Crippen molar-refractivity contribution in [1.82, 2.24) is 5.32 Å².